The lowest BCUT2D eigenvalue weighted by atomic mass is 9.65. The molecule has 0 N–H and O–H groups in total. The van der Waals surface area contributed by atoms with Crippen molar-refractivity contribution < 1.29 is 4.57 Å². The fraction of sp³-hybridized carbons (Fsp3) is 0.178. The van der Waals surface area contributed by atoms with Crippen LogP contribution in [0.2, 0.25) is 0 Å². The predicted octanol–water partition coefficient (Wildman–Crippen LogP) is 11.2. The third kappa shape index (κ3) is 6.21. The number of hydrogen-bond donors (Lipinski definition) is 0. The van der Waals surface area contributed by atoms with Crippen molar-refractivity contribution in [3.63, 3.8) is 0 Å². The van der Waals surface area contributed by atoms with Crippen molar-refractivity contribution in [3.05, 3.63) is 157 Å². The first kappa shape index (κ1) is 32.0. The molecule has 1 aliphatic carbocycles. The second-order valence-electron chi connectivity index (χ2n) is 13.9. The lowest BCUT2D eigenvalue weighted by Gasteiger charge is -2.39. The Morgan fingerprint density at radius 2 is 1.04 bits per heavy atom. The molecule has 0 atom stereocenters. The van der Waals surface area contributed by atoms with Gasteiger partial charge in [0.2, 0.25) is 0 Å². The Morgan fingerprint density at radius 1 is 0.500 bits per heavy atom. The van der Waals surface area contributed by atoms with Crippen molar-refractivity contribution in [2.24, 2.45) is 0 Å². The maximum Gasteiger partial charge on any atom is 0.164 e. The number of nitrogens with zero attached hydrogens (tertiary/aromatic N) is 3. The van der Waals surface area contributed by atoms with Crippen LogP contribution < -0.4 is 5.30 Å². The van der Waals surface area contributed by atoms with E-state index in [1.807, 2.05) is 43.7 Å². The molecule has 1 aliphatic rings. The summed E-state index contributed by atoms with van der Waals surface area (Å²) >= 11 is 0. The number of hydrogen-bond acceptors (Lipinski definition) is 4. The van der Waals surface area contributed by atoms with Gasteiger partial charge in [0.25, 0.3) is 0 Å². The zero-order valence-corrected chi connectivity index (χ0v) is 29.5. The van der Waals surface area contributed by atoms with Gasteiger partial charge in [0.1, 0.15) is 7.14 Å². The summed E-state index contributed by atoms with van der Waals surface area (Å²) in [5.41, 5.74) is 7.82. The van der Waals surface area contributed by atoms with Gasteiger partial charge in [0.15, 0.2) is 17.5 Å². The standard InChI is InChI=1S/C45H40N3OP/c1-50(2,49)39-18-11-17-36(31-39)32-21-25-37(26-22-32)45(29-9-4-10-30-45)38-27-23-35(24-28-38)43-46-42(34-14-5-3-6-15-34)47-44(48-43)41-20-12-16-33-13-7-8-19-40(33)41/h3,5-8,11-28,31H,4,9-10,29-30H2,1-2H3. The summed E-state index contributed by atoms with van der Waals surface area (Å²) in [4.78, 5) is 15.1. The molecular weight excluding hydrogens is 629 g/mol. The average molecular weight is 670 g/mol. The first-order valence-corrected chi connectivity index (χ1v) is 20.1. The van der Waals surface area contributed by atoms with E-state index in [4.69, 9.17) is 15.0 Å². The molecule has 0 spiro atoms. The Hall–Kier alpha value is -5.18. The highest BCUT2D eigenvalue weighted by Gasteiger charge is 2.35. The summed E-state index contributed by atoms with van der Waals surface area (Å²) < 4.78 is 12.8. The Bertz CT molecular complexity index is 2330. The molecule has 4 nitrogen and oxygen atoms in total. The highest BCUT2D eigenvalue weighted by atomic mass is 31.2. The molecule has 0 radical (unpaired) electrons. The fourth-order valence-electron chi connectivity index (χ4n) is 7.60. The molecule has 50 heavy (non-hydrogen) atoms. The van der Waals surface area contributed by atoms with E-state index in [1.165, 1.54) is 30.4 Å². The van der Waals surface area contributed by atoms with E-state index in [0.29, 0.717) is 17.5 Å². The molecule has 8 rings (SSSR count). The van der Waals surface area contributed by atoms with E-state index in [0.717, 1.165) is 56.7 Å². The minimum Gasteiger partial charge on any atom is -0.319 e. The van der Waals surface area contributed by atoms with E-state index in [9.17, 15) is 4.57 Å². The quantitative estimate of drug-likeness (QED) is 0.159. The average Bonchev–Trinajstić information content (AvgIpc) is 3.18. The lowest BCUT2D eigenvalue weighted by molar-refractivity contribution is 0.346. The number of rotatable bonds is 7. The van der Waals surface area contributed by atoms with Crippen LogP contribution in [0, 0.1) is 0 Å². The largest absolute Gasteiger partial charge is 0.319 e. The highest BCUT2D eigenvalue weighted by molar-refractivity contribution is 7.70. The van der Waals surface area contributed by atoms with Gasteiger partial charge >= 0.3 is 0 Å². The zero-order valence-electron chi connectivity index (χ0n) is 28.6. The summed E-state index contributed by atoms with van der Waals surface area (Å²) in [6.45, 7) is 3.67. The van der Waals surface area contributed by atoms with Crippen molar-refractivity contribution in [2.45, 2.75) is 37.5 Å². The van der Waals surface area contributed by atoms with Gasteiger partial charge in [-0.3, -0.25) is 0 Å². The summed E-state index contributed by atoms with van der Waals surface area (Å²) in [5.74, 6) is 2.00. The van der Waals surface area contributed by atoms with E-state index in [2.05, 4.69) is 115 Å². The Kier molecular flexibility index (Phi) is 8.50. The highest BCUT2D eigenvalue weighted by Crippen LogP contribution is 2.46. The molecule has 0 aliphatic heterocycles. The first-order chi connectivity index (χ1) is 24.4. The maximum absolute atomic E-state index is 12.8. The van der Waals surface area contributed by atoms with Crippen LogP contribution in [-0.4, -0.2) is 28.3 Å². The fourth-order valence-corrected chi connectivity index (χ4v) is 8.50. The number of aromatic nitrogens is 3. The molecule has 7 aromatic rings. The van der Waals surface area contributed by atoms with Crippen molar-refractivity contribution in [2.75, 3.05) is 13.3 Å². The second-order valence-corrected chi connectivity index (χ2v) is 17.1. The smallest absolute Gasteiger partial charge is 0.164 e. The van der Waals surface area contributed by atoms with Crippen LogP contribution in [0.4, 0.5) is 0 Å². The van der Waals surface area contributed by atoms with Crippen LogP contribution in [0.15, 0.2) is 146 Å². The summed E-state index contributed by atoms with van der Waals surface area (Å²) in [6.07, 6.45) is 5.91. The van der Waals surface area contributed by atoms with Crippen LogP contribution in [0.25, 0.3) is 56.1 Å². The molecule has 6 aromatic carbocycles. The van der Waals surface area contributed by atoms with Crippen LogP contribution in [-0.2, 0) is 9.98 Å². The minimum absolute atomic E-state index is 0.0535. The molecule has 246 valence electrons. The molecule has 1 saturated carbocycles. The lowest BCUT2D eigenvalue weighted by Crippen LogP contribution is -2.30. The number of benzene rings is 6. The van der Waals surface area contributed by atoms with Gasteiger partial charge in [0, 0.05) is 27.4 Å². The van der Waals surface area contributed by atoms with E-state index in [-0.39, 0.29) is 5.41 Å². The van der Waals surface area contributed by atoms with Gasteiger partial charge in [-0.05, 0) is 65.3 Å². The Morgan fingerprint density at radius 3 is 1.72 bits per heavy atom. The molecule has 0 unspecified atom stereocenters. The van der Waals surface area contributed by atoms with Gasteiger partial charge in [-0.25, -0.2) is 15.0 Å². The molecule has 1 heterocycles. The van der Waals surface area contributed by atoms with Gasteiger partial charge < -0.3 is 4.57 Å². The molecule has 0 bridgehead atoms. The molecule has 1 fully saturated rings. The third-order valence-corrected chi connectivity index (χ3v) is 11.9. The summed E-state index contributed by atoms with van der Waals surface area (Å²) in [7, 11) is -2.33. The molecule has 1 aromatic heterocycles. The topological polar surface area (TPSA) is 55.7 Å². The molecular formula is C45H40N3OP. The summed E-state index contributed by atoms with van der Waals surface area (Å²) in [6, 6.07) is 51.1. The maximum atomic E-state index is 12.8. The van der Waals surface area contributed by atoms with Crippen LogP contribution in [0.3, 0.4) is 0 Å². The molecule has 0 saturated heterocycles. The van der Waals surface area contributed by atoms with Crippen LogP contribution in [0.5, 0.6) is 0 Å². The number of fused-ring (bicyclic) bond motifs is 1. The Labute approximate surface area is 294 Å². The van der Waals surface area contributed by atoms with Crippen molar-refractivity contribution in [1.29, 1.82) is 0 Å². The first-order valence-electron chi connectivity index (χ1n) is 17.5. The van der Waals surface area contributed by atoms with Crippen LogP contribution in [0.1, 0.15) is 43.2 Å². The SMILES string of the molecule is CP(C)(=O)c1cccc(-c2ccc(C3(c4ccc(-c5nc(-c6ccccc6)nc(-c6cccc7ccccc67)n5)cc4)CCCCC3)cc2)c1. The predicted molar refractivity (Wildman–Crippen MR) is 208 cm³/mol. The monoisotopic (exact) mass is 669 g/mol. The summed E-state index contributed by atoms with van der Waals surface area (Å²) in [5, 5.41) is 3.20. The Balaban J connectivity index is 1.17. The second kappa shape index (κ2) is 13.3. The van der Waals surface area contributed by atoms with Crippen molar-refractivity contribution in [3.8, 4) is 45.3 Å². The van der Waals surface area contributed by atoms with Gasteiger partial charge in [-0.2, -0.15) is 0 Å². The van der Waals surface area contributed by atoms with Crippen LogP contribution >= 0.6 is 7.14 Å². The molecule has 0 amide bonds. The molecule has 5 heteroatoms. The van der Waals surface area contributed by atoms with Crippen molar-refractivity contribution in [1.82, 2.24) is 15.0 Å². The van der Waals surface area contributed by atoms with Gasteiger partial charge in [0.05, 0.1) is 0 Å². The van der Waals surface area contributed by atoms with Gasteiger partial charge in [-0.15, -0.1) is 0 Å². The minimum atomic E-state index is -2.33. The van der Waals surface area contributed by atoms with E-state index in [1.54, 1.807) is 0 Å². The van der Waals surface area contributed by atoms with E-state index >= 15 is 0 Å². The van der Waals surface area contributed by atoms with E-state index < -0.39 is 7.14 Å². The van der Waals surface area contributed by atoms with Crippen molar-refractivity contribution >= 4 is 23.2 Å². The third-order valence-electron chi connectivity index (χ3n) is 10.3. The van der Waals surface area contributed by atoms with Gasteiger partial charge in [-0.1, -0.05) is 159 Å². The normalized spacial score (nSPS) is 14.4. The zero-order chi connectivity index (χ0) is 34.1.